The number of nitro groups is 1. The van der Waals surface area contributed by atoms with Gasteiger partial charge in [-0.1, -0.05) is 51.1 Å². The molecular formula is C20H20N2O4. The van der Waals surface area contributed by atoms with E-state index in [1.165, 1.54) is 11.8 Å². The van der Waals surface area contributed by atoms with Gasteiger partial charge in [0.2, 0.25) is 6.10 Å². The van der Waals surface area contributed by atoms with Gasteiger partial charge in [-0.15, -0.1) is 0 Å². The maximum Gasteiger partial charge on any atom is 0.339 e. The number of rotatable bonds is 4. The molecule has 26 heavy (non-hydrogen) atoms. The fourth-order valence-electron chi connectivity index (χ4n) is 2.81. The van der Waals surface area contributed by atoms with Gasteiger partial charge >= 0.3 is 11.7 Å². The number of carbonyl (C=O) groups is 1. The summed E-state index contributed by atoms with van der Waals surface area (Å²) >= 11 is 0. The Labute approximate surface area is 151 Å². The maximum atomic E-state index is 11.9. The van der Waals surface area contributed by atoms with Crippen molar-refractivity contribution < 1.29 is 14.5 Å². The van der Waals surface area contributed by atoms with Gasteiger partial charge in [0.1, 0.15) is 0 Å². The van der Waals surface area contributed by atoms with Crippen molar-refractivity contribution in [3.05, 3.63) is 87.2 Å². The highest BCUT2D eigenvalue weighted by Crippen LogP contribution is 2.36. The molecule has 0 saturated heterocycles. The lowest BCUT2D eigenvalue weighted by Gasteiger charge is -2.19. The standard InChI is InChI=1S/C20H20N2O4/c1-20(2,3)13-8-10-14(11-9-13)21-12-17(22(24)25)18-15-6-4-5-7-16(15)19(23)26-18/h4-12,18,21H,1-3H3/b17-12+/t18-/m1/s1. The zero-order chi connectivity index (χ0) is 18.9. The van der Waals surface area contributed by atoms with Crippen LogP contribution in [-0.4, -0.2) is 10.9 Å². The summed E-state index contributed by atoms with van der Waals surface area (Å²) in [5, 5.41) is 14.4. The summed E-state index contributed by atoms with van der Waals surface area (Å²) in [7, 11) is 0. The monoisotopic (exact) mass is 352 g/mol. The van der Waals surface area contributed by atoms with Gasteiger partial charge in [-0.05, 0) is 29.2 Å². The van der Waals surface area contributed by atoms with Crippen molar-refractivity contribution in [1.29, 1.82) is 0 Å². The second-order valence-electron chi connectivity index (χ2n) is 7.17. The van der Waals surface area contributed by atoms with Crippen LogP contribution in [0.15, 0.2) is 60.4 Å². The van der Waals surface area contributed by atoms with Crippen molar-refractivity contribution in [3.63, 3.8) is 0 Å². The fraction of sp³-hybridized carbons (Fsp3) is 0.250. The minimum Gasteiger partial charge on any atom is -0.442 e. The second-order valence-corrected chi connectivity index (χ2v) is 7.17. The molecule has 2 aromatic carbocycles. The summed E-state index contributed by atoms with van der Waals surface area (Å²) in [6.07, 6.45) is 0.265. The van der Waals surface area contributed by atoms with Crippen LogP contribution in [0.3, 0.4) is 0 Å². The molecule has 6 nitrogen and oxygen atoms in total. The van der Waals surface area contributed by atoms with Gasteiger partial charge < -0.3 is 10.1 Å². The molecule has 0 amide bonds. The molecule has 2 aromatic rings. The maximum absolute atomic E-state index is 11.9. The highest BCUT2D eigenvalue weighted by Gasteiger charge is 2.39. The number of cyclic esters (lactones) is 1. The number of nitrogens with one attached hydrogen (secondary N) is 1. The molecule has 1 aliphatic heterocycles. The van der Waals surface area contributed by atoms with Crippen LogP contribution in [0.4, 0.5) is 5.69 Å². The lowest BCUT2D eigenvalue weighted by Crippen LogP contribution is -2.12. The van der Waals surface area contributed by atoms with Gasteiger partial charge in [0.15, 0.2) is 0 Å². The molecule has 0 spiro atoms. The zero-order valence-electron chi connectivity index (χ0n) is 14.9. The van der Waals surface area contributed by atoms with E-state index in [0.717, 1.165) is 5.69 Å². The molecular weight excluding hydrogens is 332 g/mol. The normalized spacial score (nSPS) is 16.8. The van der Waals surface area contributed by atoms with E-state index in [1.54, 1.807) is 24.3 Å². The zero-order valence-corrected chi connectivity index (χ0v) is 14.9. The third-order valence-corrected chi connectivity index (χ3v) is 4.31. The molecule has 3 rings (SSSR count). The van der Waals surface area contributed by atoms with Crippen LogP contribution < -0.4 is 5.32 Å². The average Bonchev–Trinajstić information content (AvgIpc) is 2.92. The number of benzene rings is 2. The highest BCUT2D eigenvalue weighted by molar-refractivity contribution is 5.94. The van der Waals surface area contributed by atoms with Gasteiger partial charge in [-0.25, -0.2) is 4.79 Å². The molecule has 0 aromatic heterocycles. The summed E-state index contributed by atoms with van der Waals surface area (Å²) in [6, 6.07) is 14.4. The van der Waals surface area contributed by atoms with Crippen molar-refractivity contribution in [2.24, 2.45) is 0 Å². The van der Waals surface area contributed by atoms with Crippen molar-refractivity contribution >= 4 is 11.7 Å². The topological polar surface area (TPSA) is 81.5 Å². The summed E-state index contributed by atoms with van der Waals surface area (Å²) in [6.45, 7) is 6.35. The average molecular weight is 352 g/mol. The summed E-state index contributed by atoms with van der Waals surface area (Å²) in [5.41, 5.74) is 2.56. The fourth-order valence-corrected chi connectivity index (χ4v) is 2.81. The van der Waals surface area contributed by atoms with Gasteiger partial charge in [-0.3, -0.25) is 10.1 Å². The lowest BCUT2D eigenvalue weighted by atomic mass is 9.87. The molecule has 0 unspecified atom stereocenters. The molecule has 1 heterocycles. The predicted molar refractivity (Wildman–Crippen MR) is 98.4 cm³/mol. The Morgan fingerprint density at radius 1 is 1.15 bits per heavy atom. The Morgan fingerprint density at radius 3 is 2.42 bits per heavy atom. The van der Waals surface area contributed by atoms with Crippen molar-refractivity contribution in [2.75, 3.05) is 5.32 Å². The number of esters is 1. The van der Waals surface area contributed by atoms with Gasteiger partial charge in [-0.2, -0.15) is 0 Å². The summed E-state index contributed by atoms with van der Waals surface area (Å²) in [4.78, 5) is 22.9. The number of fused-ring (bicyclic) bond motifs is 1. The third-order valence-electron chi connectivity index (χ3n) is 4.31. The van der Waals surface area contributed by atoms with Crippen LogP contribution in [0.1, 0.15) is 48.4 Å². The Hall–Kier alpha value is -3.15. The first kappa shape index (κ1) is 17.7. The minimum atomic E-state index is -1.02. The third kappa shape index (κ3) is 3.44. The molecule has 0 radical (unpaired) electrons. The van der Waals surface area contributed by atoms with Crippen LogP contribution in [0.5, 0.6) is 0 Å². The molecule has 6 heteroatoms. The lowest BCUT2D eigenvalue weighted by molar-refractivity contribution is -0.436. The first-order valence-corrected chi connectivity index (χ1v) is 8.29. The number of anilines is 1. The molecule has 134 valence electrons. The Kier molecular flexibility index (Phi) is 4.50. The van der Waals surface area contributed by atoms with E-state index >= 15 is 0 Å². The Bertz CT molecular complexity index is 879. The SMILES string of the molecule is CC(C)(C)c1ccc(N/C=C(\[C@@H]2OC(=O)c3ccccc32)[N+](=O)[O-])cc1. The minimum absolute atomic E-state index is 0.0299. The quantitative estimate of drug-likeness (QED) is 0.500. The molecule has 0 fully saturated rings. The van der Waals surface area contributed by atoms with Crippen LogP contribution >= 0.6 is 0 Å². The van der Waals surface area contributed by atoms with E-state index in [9.17, 15) is 14.9 Å². The van der Waals surface area contributed by atoms with Crippen molar-refractivity contribution in [1.82, 2.24) is 0 Å². The highest BCUT2D eigenvalue weighted by atomic mass is 16.6. The van der Waals surface area contributed by atoms with Gasteiger partial charge in [0, 0.05) is 11.3 Å². The Balaban J connectivity index is 1.86. The second kappa shape index (κ2) is 6.63. The van der Waals surface area contributed by atoms with Gasteiger partial charge in [0.05, 0.1) is 16.7 Å². The van der Waals surface area contributed by atoms with E-state index in [-0.39, 0.29) is 11.1 Å². The van der Waals surface area contributed by atoms with Crippen molar-refractivity contribution in [3.8, 4) is 0 Å². The number of hydrogen-bond acceptors (Lipinski definition) is 5. The molecule has 0 aliphatic carbocycles. The smallest absolute Gasteiger partial charge is 0.339 e. The summed E-state index contributed by atoms with van der Waals surface area (Å²) in [5.74, 6) is -0.548. The van der Waals surface area contributed by atoms with Crippen LogP contribution in [0.25, 0.3) is 0 Å². The van der Waals surface area contributed by atoms with E-state index in [0.29, 0.717) is 11.1 Å². The van der Waals surface area contributed by atoms with Crippen LogP contribution in [0, 0.1) is 10.1 Å². The van der Waals surface area contributed by atoms with E-state index in [4.69, 9.17) is 4.74 Å². The first-order valence-electron chi connectivity index (χ1n) is 8.29. The molecule has 1 atom stereocenters. The number of nitrogens with zero attached hydrogens (tertiary/aromatic N) is 1. The molecule has 1 N–H and O–H groups in total. The summed E-state index contributed by atoms with van der Waals surface area (Å²) < 4.78 is 5.22. The molecule has 0 saturated carbocycles. The Morgan fingerprint density at radius 2 is 1.81 bits per heavy atom. The molecule has 0 bridgehead atoms. The predicted octanol–water partition coefficient (Wildman–Crippen LogP) is 4.43. The van der Waals surface area contributed by atoms with Crippen LogP contribution in [-0.2, 0) is 10.2 Å². The molecule has 1 aliphatic rings. The number of hydrogen-bond donors (Lipinski definition) is 1. The van der Waals surface area contributed by atoms with Crippen molar-refractivity contribution in [2.45, 2.75) is 32.3 Å². The first-order chi connectivity index (χ1) is 12.3. The number of ether oxygens (including phenoxy) is 1. The van der Waals surface area contributed by atoms with Gasteiger partial charge in [0.25, 0.3) is 0 Å². The van der Waals surface area contributed by atoms with E-state index < -0.39 is 17.0 Å². The number of carbonyl (C=O) groups excluding carboxylic acids is 1. The largest absolute Gasteiger partial charge is 0.442 e. The van der Waals surface area contributed by atoms with Crippen LogP contribution in [0.2, 0.25) is 0 Å². The van der Waals surface area contributed by atoms with E-state index in [2.05, 4.69) is 26.1 Å². The van der Waals surface area contributed by atoms with E-state index in [1.807, 2.05) is 24.3 Å².